The standard InChI is InChI=1S/C13H15N5OS/c1-18-8-16-11(17-18)6-7-15-13(19)10-4-2-9(3-5-10)12(14)20/h2-5,8H,6-7H2,1H3,(H2,14,20)(H,15,19). The Bertz CT molecular complexity index is 620. The van der Waals surface area contributed by atoms with E-state index in [4.69, 9.17) is 18.0 Å². The summed E-state index contributed by atoms with van der Waals surface area (Å²) in [6.45, 7) is 0.486. The number of nitrogens with zero attached hydrogens (tertiary/aromatic N) is 3. The van der Waals surface area contributed by atoms with E-state index >= 15 is 0 Å². The van der Waals surface area contributed by atoms with Crippen LogP contribution in [0.2, 0.25) is 0 Å². The summed E-state index contributed by atoms with van der Waals surface area (Å²) in [5.74, 6) is 0.562. The van der Waals surface area contributed by atoms with Crippen LogP contribution in [0.5, 0.6) is 0 Å². The number of aromatic nitrogens is 3. The molecule has 7 heteroatoms. The summed E-state index contributed by atoms with van der Waals surface area (Å²) in [6, 6.07) is 6.86. The van der Waals surface area contributed by atoms with Crippen molar-refractivity contribution in [1.82, 2.24) is 20.1 Å². The molecule has 0 saturated carbocycles. The van der Waals surface area contributed by atoms with Gasteiger partial charge in [0.15, 0.2) is 5.82 Å². The van der Waals surface area contributed by atoms with Gasteiger partial charge in [-0.15, -0.1) is 0 Å². The quantitative estimate of drug-likeness (QED) is 0.779. The highest BCUT2D eigenvalue weighted by Gasteiger charge is 2.06. The van der Waals surface area contributed by atoms with Crippen molar-refractivity contribution in [3.63, 3.8) is 0 Å². The first-order valence-electron chi connectivity index (χ1n) is 6.09. The van der Waals surface area contributed by atoms with Crippen molar-refractivity contribution in [2.24, 2.45) is 12.8 Å². The minimum Gasteiger partial charge on any atom is -0.389 e. The number of amides is 1. The van der Waals surface area contributed by atoms with Gasteiger partial charge in [0.1, 0.15) is 11.3 Å². The third-order valence-corrected chi connectivity index (χ3v) is 2.95. The molecule has 1 amide bonds. The second-order valence-electron chi connectivity index (χ2n) is 4.28. The van der Waals surface area contributed by atoms with E-state index in [0.29, 0.717) is 29.3 Å². The fourth-order valence-electron chi connectivity index (χ4n) is 1.67. The minimum absolute atomic E-state index is 0.143. The van der Waals surface area contributed by atoms with Gasteiger partial charge in [-0.3, -0.25) is 9.48 Å². The lowest BCUT2D eigenvalue weighted by Gasteiger charge is -2.04. The molecule has 104 valence electrons. The zero-order valence-corrected chi connectivity index (χ0v) is 11.9. The van der Waals surface area contributed by atoms with Gasteiger partial charge in [-0.25, -0.2) is 4.98 Å². The van der Waals surface area contributed by atoms with Gasteiger partial charge in [0.2, 0.25) is 0 Å². The molecular formula is C13H15N5OS. The average Bonchev–Trinajstić information content (AvgIpc) is 2.84. The lowest BCUT2D eigenvalue weighted by molar-refractivity contribution is 0.0954. The molecule has 0 unspecified atom stereocenters. The Morgan fingerprint density at radius 3 is 2.55 bits per heavy atom. The van der Waals surface area contributed by atoms with Crippen molar-refractivity contribution < 1.29 is 4.79 Å². The van der Waals surface area contributed by atoms with Crippen LogP contribution in [0.4, 0.5) is 0 Å². The summed E-state index contributed by atoms with van der Waals surface area (Å²) in [5, 5.41) is 6.95. The predicted molar refractivity (Wildman–Crippen MR) is 79.4 cm³/mol. The molecule has 2 aromatic rings. The molecule has 1 aromatic heterocycles. The van der Waals surface area contributed by atoms with Crippen LogP contribution in [0.15, 0.2) is 30.6 Å². The van der Waals surface area contributed by atoms with Crippen molar-refractivity contribution in [2.75, 3.05) is 6.54 Å². The fourth-order valence-corrected chi connectivity index (χ4v) is 1.81. The largest absolute Gasteiger partial charge is 0.389 e. The third kappa shape index (κ3) is 3.61. The average molecular weight is 289 g/mol. The van der Waals surface area contributed by atoms with Crippen molar-refractivity contribution in [3.05, 3.63) is 47.5 Å². The van der Waals surface area contributed by atoms with Crippen molar-refractivity contribution in [2.45, 2.75) is 6.42 Å². The Labute approximate surface area is 122 Å². The Morgan fingerprint density at radius 2 is 2.00 bits per heavy atom. The highest BCUT2D eigenvalue weighted by Crippen LogP contribution is 2.04. The number of nitrogens with two attached hydrogens (primary N) is 1. The summed E-state index contributed by atoms with van der Waals surface area (Å²) in [7, 11) is 1.80. The van der Waals surface area contributed by atoms with Crippen molar-refractivity contribution in [1.29, 1.82) is 0 Å². The van der Waals surface area contributed by atoms with E-state index < -0.39 is 0 Å². The van der Waals surface area contributed by atoms with Crippen molar-refractivity contribution in [3.8, 4) is 0 Å². The van der Waals surface area contributed by atoms with Gasteiger partial charge in [0, 0.05) is 31.1 Å². The molecule has 6 nitrogen and oxygen atoms in total. The number of hydrogen-bond donors (Lipinski definition) is 2. The van der Waals surface area contributed by atoms with Crippen LogP contribution in [-0.4, -0.2) is 32.2 Å². The molecule has 1 aromatic carbocycles. The van der Waals surface area contributed by atoms with E-state index in [1.807, 2.05) is 0 Å². The Morgan fingerprint density at radius 1 is 1.35 bits per heavy atom. The first-order chi connectivity index (χ1) is 9.56. The molecule has 3 N–H and O–H groups in total. The molecule has 0 spiro atoms. The SMILES string of the molecule is Cn1cnc(CCNC(=O)c2ccc(C(N)=S)cc2)n1. The van der Waals surface area contributed by atoms with E-state index in [2.05, 4.69) is 15.4 Å². The second-order valence-corrected chi connectivity index (χ2v) is 4.72. The van der Waals surface area contributed by atoms with Gasteiger partial charge < -0.3 is 11.1 Å². The Kier molecular flexibility index (Phi) is 4.41. The fraction of sp³-hybridized carbons (Fsp3) is 0.231. The van der Waals surface area contributed by atoms with Crippen LogP contribution in [0.3, 0.4) is 0 Å². The third-order valence-electron chi connectivity index (χ3n) is 2.71. The molecule has 0 radical (unpaired) electrons. The highest BCUT2D eigenvalue weighted by molar-refractivity contribution is 7.80. The van der Waals surface area contributed by atoms with Crippen LogP contribution in [0.1, 0.15) is 21.7 Å². The summed E-state index contributed by atoms with van der Waals surface area (Å²) in [6.07, 6.45) is 2.23. The molecule has 0 atom stereocenters. The number of carbonyl (C=O) groups is 1. The smallest absolute Gasteiger partial charge is 0.251 e. The van der Waals surface area contributed by atoms with Crippen molar-refractivity contribution >= 4 is 23.1 Å². The van der Waals surface area contributed by atoms with Crippen LogP contribution in [0, 0.1) is 0 Å². The first kappa shape index (κ1) is 14.1. The molecule has 1 heterocycles. The number of nitrogens with one attached hydrogen (secondary N) is 1. The van der Waals surface area contributed by atoms with Gasteiger partial charge in [-0.1, -0.05) is 24.4 Å². The first-order valence-corrected chi connectivity index (χ1v) is 6.49. The van der Waals surface area contributed by atoms with Crippen LogP contribution >= 0.6 is 12.2 Å². The molecular weight excluding hydrogens is 274 g/mol. The number of carbonyl (C=O) groups excluding carboxylic acids is 1. The summed E-state index contributed by atoms with van der Waals surface area (Å²) in [5.41, 5.74) is 6.81. The molecule has 20 heavy (non-hydrogen) atoms. The monoisotopic (exact) mass is 289 g/mol. The Balaban J connectivity index is 1.86. The van der Waals surface area contributed by atoms with Gasteiger partial charge in [0.25, 0.3) is 5.91 Å². The summed E-state index contributed by atoms with van der Waals surface area (Å²) in [4.78, 5) is 16.3. The predicted octanol–water partition coefficient (Wildman–Crippen LogP) is 0.422. The van der Waals surface area contributed by atoms with E-state index in [1.54, 1.807) is 42.3 Å². The molecule has 0 aliphatic rings. The molecule has 0 aliphatic carbocycles. The van der Waals surface area contributed by atoms with E-state index in [0.717, 1.165) is 5.56 Å². The molecule has 0 fully saturated rings. The van der Waals surface area contributed by atoms with Gasteiger partial charge >= 0.3 is 0 Å². The normalized spacial score (nSPS) is 10.2. The van der Waals surface area contributed by atoms with Gasteiger partial charge in [-0.05, 0) is 12.1 Å². The van der Waals surface area contributed by atoms with Crippen LogP contribution in [-0.2, 0) is 13.5 Å². The van der Waals surface area contributed by atoms with Crippen LogP contribution < -0.4 is 11.1 Å². The van der Waals surface area contributed by atoms with E-state index in [-0.39, 0.29) is 5.91 Å². The minimum atomic E-state index is -0.143. The number of rotatable bonds is 5. The number of hydrogen-bond acceptors (Lipinski definition) is 4. The lowest BCUT2D eigenvalue weighted by atomic mass is 10.1. The zero-order valence-electron chi connectivity index (χ0n) is 11.0. The topological polar surface area (TPSA) is 85.8 Å². The molecule has 2 rings (SSSR count). The van der Waals surface area contributed by atoms with Gasteiger partial charge in [0.05, 0.1) is 0 Å². The number of thiocarbonyl (C=S) groups is 1. The maximum atomic E-state index is 11.9. The Hall–Kier alpha value is -2.28. The zero-order chi connectivity index (χ0) is 14.5. The van der Waals surface area contributed by atoms with E-state index in [1.165, 1.54) is 0 Å². The maximum Gasteiger partial charge on any atom is 0.251 e. The summed E-state index contributed by atoms with van der Waals surface area (Å²) >= 11 is 4.86. The molecule has 0 bridgehead atoms. The lowest BCUT2D eigenvalue weighted by Crippen LogP contribution is -2.26. The molecule has 0 saturated heterocycles. The van der Waals surface area contributed by atoms with E-state index in [9.17, 15) is 4.79 Å². The number of aryl methyl sites for hydroxylation is 1. The van der Waals surface area contributed by atoms with Crippen LogP contribution in [0.25, 0.3) is 0 Å². The molecule has 0 aliphatic heterocycles. The van der Waals surface area contributed by atoms with Gasteiger partial charge in [-0.2, -0.15) is 5.10 Å². The number of benzene rings is 1. The summed E-state index contributed by atoms with van der Waals surface area (Å²) < 4.78 is 1.63. The highest BCUT2D eigenvalue weighted by atomic mass is 32.1. The maximum absolute atomic E-state index is 11.9. The second kappa shape index (κ2) is 6.25.